The van der Waals surface area contributed by atoms with Crippen LogP contribution in [0.15, 0.2) is 0 Å². The van der Waals surface area contributed by atoms with E-state index in [1.807, 2.05) is 0 Å². The molecule has 43 valence electrons. The molecule has 0 rings (SSSR count). The molecule has 0 aliphatic heterocycles. The molecule has 0 aromatic rings. The van der Waals surface area contributed by atoms with Crippen molar-refractivity contribution in [2.75, 3.05) is 0 Å². The Morgan fingerprint density at radius 3 is 1.00 bits per heavy atom. The van der Waals surface area contributed by atoms with Gasteiger partial charge in [-0.05, 0) is 0 Å². The van der Waals surface area contributed by atoms with Crippen LogP contribution in [0.2, 0.25) is 0 Å². The molecule has 0 spiro atoms. The van der Waals surface area contributed by atoms with E-state index < -0.39 is 10.4 Å². The third-order valence-electron chi connectivity index (χ3n) is 0. The van der Waals surface area contributed by atoms with Crippen molar-refractivity contribution >= 4 is 10.4 Å². The van der Waals surface area contributed by atoms with Crippen LogP contribution in [0.25, 0.3) is 0 Å². The Balaban J connectivity index is -0.0000000267. The molecule has 0 heterocycles. The first-order chi connectivity index (χ1) is 2.00. The number of rotatable bonds is 0. The molecule has 0 fully saturated rings. The first-order valence-corrected chi connectivity index (χ1v) is 2.00. The van der Waals surface area contributed by atoms with E-state index in [0.29, 0.717) is 0 Å². The van der Waals surface area contributed by atoms with Gasteiger partial charge >= 0.3 is 59.1 Å². The third kappa shape index (κ3) is 73.2. The van der Waals surface area contributed by atoms with Gasteiger partial charge in [-0.15, -0.1) is 0 Å². The van der Waals surface area contributed by atoms with Gasteiger partial charge in [-0.1, -0.05) is 0 Å². The Bertz CT molecular complexity index is 97.2. The predicted octanol–water partition coefficient (Wildman–Crippen LogP) is -7.33. The molecule has 0 bridgehead atoms. The van der Waals surface area contributed by atoms with Gasteiger partial charge in [0.2, 0.25) is 0 Å². The van der Waals surface area contributed by atoms with Crippen molar-refractivity contribution in [2.45, 2.75) is 0 Å². The quantitative estimate of drug-likeness (QED) is 0.250. The fraction of sp³-hybridized carbons (Fsp3) is 0. The molecule has 0 unspecified atom stereocenters. The molecule has 1 radical (unpaired) electrons. The molecule has 0 saturated heterocycles. The van der Waals surface area contributed by atoms with Crippen LogP contribution in [0, 0.1) is 0 Å². The van der Waals surface area contributed by atoms with Crippen LogP contribution in [0.4, 0.5) is 0 Å². The molecule has 0 amide bonds. The van der Waals surface area contributed by atoms with Crippen molar-refractivity contribution in [1.29, 1.82) is 0 Å². The van der Waals surface area contributed by atoms with E-state index in [9.17, 15) is 0 Å². The Morgan fingerprint density at radius 1 is 1.00 bits per heavy atom. The second kappa shape index (κ2) is 9.61. The predicted molar refractivity (Wildman–Crippen MR) is 10.5 cm³/mol. The first kappa shape index (κ1) is 22.4. The van der Waals surface area contributed by atoms with Crippen molar-refractivity contribution in [1.82, 2.24) is 0 Å². The van der Waals surface area contributed by atoms with Crippen molar-refractivity contribution in [3.05, 3.63) is 0 Å². The molecule has 4 nitrogen and oxygen atoms in total. The molecule has 0 aliphatic rings. The van der Waals surface area contributed by atoms with Gasteiger partial charge in [-0.2, -0.15) is 0 Å². The van der Waals surface area contributed by atoms with Gasteiger partial charge < -0.3 is 9.11 Å². The Kier molecular flexibility index (Phi) is 26.9. The minimum Gasteiger partial charge on any atom is -0.759 e. The maximum atomic E-state index is 8.52. The van der Waals surface area contributed by atoms with Crippen LogP contribution < -0.4 is 59.1 Å². The summed E-state index contributed by atoms with van der Waals surface area (Å²) in [6, 6.07) is 0. The van der Waals surface area contributed by atoms with Crippen molar-refractivity contribution in [2.24, 2.45) is 0 Å². The van der Waals surface area contributed by atoms with E-state index in [-0.39, 0.29) is 81.5 Å². The van der Waals surface area contributed by atoms with E-state index in [2.05, 4.69) is 0 Å². The monoisotopic (exact) mass is 339 g/mol. The average molecular weight is 339 g/mol. The summed E-state index contributed by atoms with van der Waals surface area (Å²) < 4.78 is 34.1. The summed E-state index contributed by atoms with van der Waals surface area (Å²) in [6.45, 7) is 0. The zero-order valence-corrected chi connectivity index (χ0v) is 11.3. The number of hydrogen-bond donors (Lipinski definition) is 0. The van der Waals surface area contributed by atoms with Gasteiger partial charge in [0.15, 0.2) is 0 Å². The van der Waals surface area contributed by atoms with Crippen LogP contribution in [-0.2, 0) is 32.8 Å². The standard InChI is InChI=1S/Au.2Na.H2O4S/c;;;1-5(2,3)4/h;;;(H2,1,2,3,4)/q;2*+1;/p-2. The summed E-state index contributed by atoms with van der Waals surface area (Å²) in [4.78, 5) is 0. The molecule has 8 heavy (non-hydrogen) atoms. The summed E-state index contributed by atoms with van der Waals surface area (Å²) in [7, 11) is -5.17. The van der Waals surface area contributed by atoms with Crippen LogP contribution in [0.3, 0.4) is 0 Å². The first-order valence-electron chi connectivity index (χ1n) is 0.667. The zero-order chi connectivity index (χ0) is 4.50. The van der Waals surface area contributed by atoms with Crippen LogP contribution in [-0.4, -0.2) is 17.5 Å². The van der Waals surface area contributed by atoms with E-state index >= 15 is 0 Å². The summed E-state index contributed by atoms with van der Waals surface area (Å²) in [5, 5.41) is 0. The van der Waals surface area contributed by atoms with Gasteiger partial charge in [0.1, 0.15) is 0 Å². The van der Waals surface area contributed by atoms with Gasteiger partial charge in [0.05, 0.1) is 0 Å². The van der Waals surface area contributed by atoms with E-state index in [0.717, 1.165) is 0 Å². The van der Waals surface area contributed by atoms with E-state index in [4.69, 9.17) is 17.5 Å². The minimum absolute atomic E-state index is 0. The number of hydrogen-bond acceptors (Lipinski definition) is 4. The molecule has 0 N–H and O–H groups in total. The third-order valence-corrected chi connectivity index (χ3v) is 0. The van der Waals surface area contributed by atoms with Gasteiger partial charge in [-0.25, -0.2) is 0 Å². The normalized spacial score (nSPS) is 7.25. The largest absolute Gasteiger partial charge is 1.00 e. The Morgan fingerprint density at radius 2 is 1.00 bits per heavy atom. The second-order valence-corrected chi connectivity index (χ2v) is 1.22. The van der Waals surface area contributed by atoms with Crippen LogP contribution in [0.1, 0.15) is 0 Å². The molecular formula is AuNa2O4S. The molecule has 0 aliphatic carbocycles. The molecule has 0 saturated carbocycles. The molecule has 8 heteroatoms. The summed E-state index contributed by atoms with van der Waals surface area (Å²) in [5.74, 6) is 0. The molecule has 0 aromatic heterocycles. The van der Waals surface area contributed by atoms with Crippen molar-refractivity contribution in [3.63, 3.8) is 0 Å². The SMILES string of the molecule is O=S(=O)([O-])[O-].[Au].[Na+].[Na+]. The second-order valence-electron chi connectivity index (χ2n) is 0.408. The van der Waals surface area contributed by atoms with Gasteiger partial charge in [-0.3, -0.25) is 8.42 Å². The van der Waals surface area contributed by atoms with Gasteiger partial charge in [0, 0.05) is 32.8 Å². The van der Waals surface area contributed by atoms with Gasteiger partial charge in [0.25, 0.3) is 0 Å². The minimum atomic E-state index is -5.17. The average Bonchev–Trinajstić information content (AvgIpc) is 0.722. The van der Waals surface area contributed by atoms with E-state index in [1.54, 1.807) is 0 Å². The fourth-order valence-corrected chi connectivity index (χ4v) is 0. The smallest absolute Gasteiger partial charge is 0.759 e. The van der Waals surface area contributed by atoms with Crippen LogP contribution >= 0.6 is 0 Å². The summed E-state index contributed by atoms with van der Waals surface area (Å²) in [6.07, 6.45) is 0. The van der Waals surface area contributed by atoms with Crippen LogP contribution in [0.5, 0.6) is 0 Å². The van der Waals surface area contributed by atoms with E-state index in [1.165, 1.54) is 0 Å². The molecule has 0 aromatic carbocycles. The maximum absolute atomic E-state index is 8.52. The summed E-state index contributed by atoms with van der Waals surface area (Å²) >= 11 is 0. The Hall–Kier alpha value is 2.61. The zero-order valence-electron chi connectivity index (χ0n) is 4.34. The Labute approximate surface area is 107 Å². The molecule has 0 atom stereocenters. The summed E-state index contributed by atoms with van der Waals surface area (Å²) in [5.41, 5.74) is 0. The molecular weight excluding hydrogens is 339 g/mol. The maximum Gasteiger partial charge on any atom is 1.00 e. The van der Waals surface area contributed by atoms with Crippen molar-refractivity contribution < 1.29 is 99.0 Å². The fourth-order valence-electron chi connectivity index (χ4n) is 0. The topological polar surface area (TPSA) is 80.3 Å². The van der Waals surface area contributed by atoms with Crippen molar-refractivity contribution in [3.8, 4) is 0 Å².